The number of aryl methyl sites for hydroxylation is 2. The molecule has 0 aliphatic rings. The van der Waals surface area contributed by atoms with E-state index in [2.05, 4.69) is 63.0 Å². The molecule has 0 radical (unpaired) electrons. The van der Waals surface area contributed by atoms with E-state index in [9.17, 15) is 36.7 Å². The molecular formula is C76H53ClF4N10O8. The van der Waals surface area contributed by atoms with Crippen molar-refractivity contribution in [2.75, 3.05) is 21.3 Å². The van der Waals surface area contributed by atoms with Gasteiger partial charge in [-0.3, -0.25) is 29.1 Å². The maximum Gasteiger partial charge on any atom is 0.258 e. The SMILES string of the molecule is C#Cc1ccc(F)c(C(=O)Nc2cc(F)cc(Oc3cncnc3)c2)c1.C#Cc1cccc(C(=O)Nc2cc(F)cc(Oc3cccnc3)c2)c1.Cc1cccc(C(=O)Nc2cc(Cl)cc(Oc3cncnc3)c2)c1.Cc1cccc(C(=O)Nc2cc(F)cc(Oc3cccnc3)c2)c1. The molecule has 0 saturated carbocycles. The number of nitrogens with zero attached hydrogens (tertiary/aromatic N) is 6. The average molecular weight is 1350 g/mol. The van der Waals surface area contributed by atoms with Crippen LogP contribution in [-0.4, -0.2) is 53.5 Å². The predicted molar refractivity (Wildman–Crippen MR) is 366 cm³/mol. The van der Waals surface area contributed by atoms with Crippen LogP contribution in [0.4, 0.5) is 40.3 Å². The molecule has 0 aliphatic carbocycles. The summed E-state index contributed by atoms with van der Waals surface area (Å²) in [6.45, 7) is 3.84. The lowest BCUT2D eigenvalue weighted by molar-refractivity contribution is 0.101. The van der Waals surface area contributed by atoms with Crippen LogP contribution in [0.3, 0.4) is 0 Å². The Hall–Kier alpha value is -13.6. The third-order valence-electron chi connectivity index (χ3n) is 13.0. The molecule has 99 heavy (non-hydrogen) atoms. The first-order valence-corrected chi connectivity index (χ1v) is 29.7. The minimum atomic E-state index is -0.765. The third kappa shape index (κ3) is 22.0. The molecule has 12 aromatic rings. The van der Waals surface area contributed by atoms with Crippen molar-refractivity contribution in [3.63, 3.8) is 0 Å². The van der Waals surface area contributed by atoms with Crippen molar-refractivity contribution in [2.45, 2.75) is 13.8 Å². The highest BCUT2D eigenvalue weighted by atomic mass is 35.5. The highest BCUT2D eigenvalue weighted by Crippen LogP contribution is 2.31. The van der Waals surface area contributed by atoms with Gasteiger partial charge < -0.3 is 40.2 Å². The molecule has 18 nitrogen and oxygen atoms in total. The molecule has 0 saturated heterocycles. The number of aromatic nitrogens is 6. The Morgan fingerprint density at radius 3 is 1.16 bits per heavy atom. The van der Waals surface area contributed by atoms with Gasteiger partial charge in [-0.05, 0) is 129 Å². The lowest BCUT2D eigenvalue weighted by Gasteiger charge is -2.10. The van der Waals surface area contributed by atoms with E-state index >= 15 is 0 Å². The summed E-state index contributed by atoms with van der Waals surface area (Å²) < 4.78 is 77.5. The van der Waals surface area contributed by atoms with Gasteiger partial charge in [0.1, 0.15) is 70.4 Å². The van der Waals surface area contributed by atoms with Gasteiger partial charge in [0, 0.05) is 110 Å². The number of carbonyl (C=O) groups excluding carboxylic acids is 4. The first-order valence-electron chi connectivity index (χ1n) is 29.3. The van der Waals surface area contributed by atoms with Crippen molar-refractivity contribution in [2.24, 2.45) is 0 Å². The standard InChI is InChI=1S/C20H13FN2O2.C19H11F2N3O2.C19H15FN2O2.C18H14ClN3O2/c1-2-14-5-3-6-15(9-14)20(24)23-17-10-16(21)11-19(12-17)25-18-7-4-8-22-13-18;1-2-12-3-4-18(21)17(5-12)19(25)24-14-6-13(20)7-15(8-14)26-16-9-22-11-23-10-16;1-13-4-2-5-14(8-13)19(23)22-16-9-15(20)10-18(11-16)24-17-6-3-7-21-12-17;1-12-3-2-4-13(5-12)18(23)22-15-6-14(19)7-16(8-15)24-17-9-20-11-21-10-17/h1,3-13H,(H,23,24);1,3-11H,(H,24,25);2-12H,1H3,(H,22,23);2-11H,1H3,(H,22,23). The number of hydrogen-bond donors (Lipinski definition) is 4. The Kier molecular flexibility index (Phi) is 24.3. The summed E-state index contributed by atoms with van der Waals surface area (Å²) in [5, 5.41) is 11.0. The Morgan fingerprint density at radius 2 is 0.747 bits per heavy atom. The maximum atomic E-state index is 13.9. The summed E-state index contributed by atoms with van der Waals surface area (Å²) in [7, 11) is 0. The van der Waals surface area contributed by atoms with Crippen molar-refractivity contribution in [3.05, 3.63) is 323 Å². The van der Waals surface area contributed by atoms with Gasteiger partial charge in [-0.2, -0.15) is 0 Å². The van der Waals surface area contributed by atoms with E-state index in [0.29, 0.717) is 73.0 Å². The van der Waals surface area contributed by atoms with Gasteiger partial charge in [-0.15, -0.1) is 12.8 Å². The van der Waals surface area contributed by atoms with E-state index in [1.165, 1.54) is 86.0 Å². The summed E-state index contributed by atoms with van der Waals surface area (Å²) in [6, 6.07) is 48.3. The van der Waals surface area contributed by atoms with Crippen LogP contribution in [0.25, 0.3) is 0 Å². The Morgan fingerprint density at radius 1 is 0.374 bits per heavy atom. The minimum absolute atomic E-state index is 0.0901. The van der Waals surface area contributed by atoms with E-state index in [0.717, 1.165) is 29.3 Å². The summed E-state index contributed by atoms with van der Waals surface area (Å²) in [5.41, 5.74) is 5.38. The van der Waals surface area contributed by atoms with Crippen LogP contribution < -0.4 is 40.2 Å². The molecule has 12 rings (SSSR count). The summed E-state index contributed by atoms with van der Waals surface area (Å²) in [5.74, 6) is 3.54. The van der Waals surface area contributed by atoms with E-state index < -0.39 is 35.1 Å². The third-order valence-corrected chi connectivity index (χ3v) is 13.2. The summed E-state index contributed by atoms with van der Waals surface area (Å²) >= 11 is 6.11. The fourth-order valence-corrected chi connectivity index (χ4v) is 8.96. The van der Waals surface area contributed by atoms with Crippen LogP contribution in [0.1, 0.15) is 63.7 Å². The van der Waals surface area contributed by atoms with Crippen LogP contribution in [0.5, 0.6) is 46.0 Å². The first-order chi connectivity index (χ1) is 47.9. The van der Waals surface area contributed by atoms with Crippen molar-refractivity contribution >= 4 is 58.0 Å². The smallest absolute Gasteiger partial charge is 0.258 e. The molecule has 490 valence electrons. The minimum Gasteiger partial charge on any atom is -0.456 e. The quantitative estimate of drug-likeness (QED) is 0.0521. The zero-order valence-corrected chi connectivity index (χ0v) is 52.9. The zero-order valence-electron chi connectivity index (χ0n) is 52.2. The van der Waals surface area contributed by atoms with E-state index in [4.69, 9.17) is 43.4 Å². The molecule has 0 aliphatic heterocycles. The highest BCUT2D eigenvalue weighted by molar-refractivity contribution is 6.31. The second-order valence-electron chi connectivity index (χ2n) is 20.8. The van der Waals surface area contributed by atoms with Crippen LogP contribution in [0.2, 0.25) is 5.02 Å². The monoisotopic (exact) mass is 1340 g/mol. The van der Waals surface area contributed by atoms with Gasteiger partial charge in [-0.1, -0.05) is 64.9 Å². The lowest BCUT2D eigenvalue weighted by Crippen LogP contribution is -2.14. The number of benzene rings is 8. The molecular weight excluding hydrogens is 1290 g/mol. The molecule has 23 heteroatoms. The Bertz CT molecular complexity index is 4770. The molecule has 0 fully saturated rings. The molecule has 0 bridgehead atoms. The zero-order chi connectivity index (χ0) is 70.0. The molecule has 0 spiro atoms. The number of nitrogens with one attached hydrogen (secondary N) is 4. The maximum absolute atomic E-state index is 13.9. The number of rotatable bonds is 16. The van der Waals surface area contributed by atoms with Crippen LogP contribution >= 0.6 is 11.6 Å². The number of anilines is 4. The summed E-state index contributed by atoms with van der Waals surface area (Å²) in [6.07, 6.45) is 25.5. The van der Waals surface area contributed by atoms with Gasteiger partial charge in [0.25, 0.3) is 23.6 Å². The van der Waals surface area contributed by atoms with Crippen molar-refractivity contribution in [3.8, 4) is 70.7 Å². The fraction of sp³-hybridized carbons (Fsp3) is 0.0263. The molecule has 4 aromatic heterocycles. The van der Waals surface area contributed by atoms with Crippen LogP contribution in [-0.2, 0) is 0 Å². The van der Waals surface area contributed by atoms with Gasteiger partial charge in [0.15, 0.2) is 11.5 Å². The predicted octanol–water partition coefficient (Wildman–Crippen LogP) is 17.1. The van der Waals surface area contributed by atoms with E-state index in [1.54, 1.807) is 122 Å². The van der Waals surface area contributed by atoms with E-state index in [-0.39, 0.29) is 46.0 Å². The number of amides is 4. The number of ether oxygens (including phenoxy) is 4. The second kappa shape index (κ2) is 34.5. The molecule has 4 heterocycles. The van der Waals surface area contributed by atoms with Crippen molar-refractivity contribution in [1.29, 1.82) is 0 Å². The highest BCUT2D eigenvalue weighted by Gasteiger charge is 2.16. The molecule has 4 N–H and O–H groups in total. The Labute approximate surface area is 569 Å². The lowest BCUT2D eigenvalue weighted by atomic mass is 10.1. The average Bonchev–Trinajstić information content (AvgIpc) is 0.990. The normalized spacial score (nSPS) is 10.1. The molecule has 4 amide bonds. The van der Waals surface area contributed by atoms with Crippen molar-refractivity contribution in [1.82, 2.24) is 29.9 Å². The number of carbonyl (C=O) groups is 4. The number of pyridine rings is 2. The number of halogens is 5. The van der Waals surface area contributed by atoms with Gasteiger partial charge in [0.2, 0.25) is 0 Å². The van der Waals surface area contributed by atoms with Gasteiger partial charge in [-0.25, -0.2) is 37.5 Å². The first kappa shape index (κ1) is 69.8. The van der Waals surface area contributed by atoms with Gasteiger partial charge >= 0.3 is 0 Å². The van der Waals surface area contributed by atoms with E-state index in [1.807, 2.05) is 38.1 Å². The second-order valence-corrected chi connectivity index (χ2v) is 21.2. The molecule has 0 unspecified atom stereocenters. The topological polar surface area (TPSA) is 231 Å². The van der Waals surface area contributed by atoms with Crippen LogP contribution in [0.15, 0.2) is 250 Å². The van der Waals surface area contributed by atoms with Crippen LogP contribution in [0, 0.1) is 61.8 Å². The largest absolute Gasteiger partial charge is 0.456 e. The number of hydrogen-bond acceptors (Lipinski definition) is 14. The Balaban J connectivity index is 0.000000154. The van der Waals surface area contributed by atoms with Gasteiger partial charge in [0.05, 0.1) is 42.7 Å². The molecule has 0 atom stereocenters. The fourth-order valence-electron chi connectivity index (χ4n) is 8.73. The van der Waals surface area contributed by atoms with Crippen molar-refractivity contribution < 1.29 is 55.7 Å². The summed E-state index contributed by atoms with van der Waals surface area (Å²) in [4.78, 5) is 72.4. The molecule has 8 aromatic carbocycles. The number of terminal acetylenes is 2.